The summed E-state index contributed by atoms with van der Waals surface area (Å²) in [4.78, 5) is 22.5. The zero-order chi connectivity index (χ0) is 16.0. The summed E-state index contributed by atoms with van der Waals surface area (Å²) in [5.74, 6) is -1.16. The standard InChI is InChI=1S/C16H21NO4/c1-11-5-7-13(9-12(11)6-8-15(19)20)17-14(18)10-16(2,3)21-4/h5-9H,10H2,1-4H3,(H,17,18)(H,19,20)/b8-6+. The molecule has 0 fully saturated rings. The number of carbonyl (C=O) groups excluding carboxylic acids is 1. The van der Waals surface area contributed by atoms with E-state index < -0.39 is 11.6 Å². The first-order valence-electron chi connectivity index (χ1n) is 6.60. The zero-order valence-corrected chi connectivity index (χ0v) is 12.8. The van der Waals surface area contributed by atoms with Crippen molar-refractivity contribution in [3.05, 3.63) is 35.4 Å². The maximum Gasteiger partial charge on any atom is 0.328 e. The third kappa shape index (κ3) is 5.79. The lowest BCUT2D eigenvalue weighted by molar-refractivity contribution is -0.131. The summed E-state index contributed by atoms with van der Waals surface area (Å²) >= 11 is 0. The Labute approximate surface area is 124 Å². The molecule has 0 aliphatic carbocycles. The number of rotatable bonds is 6. The number of aliphatic carboxylic acids is 1. The Balaban J connectivity index is 2.83. The average Bonchev–Trinajstić information content (AvgIpc) is 2.38. The van der Waals surface area contributed by atoms with Crippen molar-refractivity contribution in [3.8, 4) is 0 Å². The monoisotopic (exact) mass is 291 g/mol. The Morgan fingerprint density at radius 1 is 1.38 bits per heavy atom. The number of carboxylic acids is 1. The molecular weight excluding hydrogens is 270 g/mol. The average molecular weight is 291 g/mol. The molecule has 5 nitrogen and oxygen atoms in total. The van der Waals surface area contributed by atoms with E-state index in [1.54, 1.807) is 19.2 Å². The quantitative estimate of drug-likeness (QED) is 0.790. The van der Waals surface area contributed by atoms with E-state index in [1.807, 2.05) is 26.8 Å². The number of hydrogen-bond acceptors (Lipinski definition) is 3. The highest BCUT2D eigenvalue weighted by Crippen LogP contribution is 2.19. The third-order valence-corrected chi connectivity index (χ3v) is 3.11. The van der Waals surface area contributed by atoms with Crippen LogP contribution in [0.15, 0.2) is 24.3 Å². The molecule has 0 aliphatic heterocycles. The predicted octanol–water partition coefficient (Wildman–Crippen LogP) is 2.85. The number of amides is 1. The van der Waals surface area contributed by atoms with E-state index in [4.69, 9.17) is 9.84 Å². The first-order chi connectivity index (χ1) is 9.73. The molecule has 114 valence electrons. The SMILES string of the molecule is COC(C)(C)CC(=O)Nc1ccc(C)c(/C=C/C(=O)O)c1. The molecular formula is C16H21NO4. The van der Waals surface area contributed by atoms with Gasteiger partial charge in [-0.05, 0) is 50.1 Å². The first kappa shape index (κ1) is 16.9. The minimum Gasteiger partial charge on any atom is -0.478 e. The van der Waals surface area contributed by atoms with Crippen LogP contribution in [0, 0.1) is 6.92 Å². The lowest BCUT2D eigenvalue weighted by Gasteiger charge is -2.22. The fraction of sp³-hybridized carbons (Fsp3) is 0.375. The molecule has 0 atom stereocenters. The maximum atomic E-state index is 11.9. The van der Waals surface area contributed by atoms with Crippen LogP contribution >= 0.6 is 0 Å². The largest absolute Gasteiger partial charge is 0.478 e. The van der Waals surface area contributed by atoms with E-state index in [0.717, 1.165) is 17.2 Å². The van der Waals surface area contributed by atoms with Crippen molar-refractivity contribution >= 4 is 23.6 Å². The fourth-order valence-electron chi connectivity index (χ4n) is 1.72. The van der Waals surface area contributed by atoms with Crippen molar-refractivity contribution in [2.45, 2.75) is 32.8 Å². The number of benzene rings is 1. The van der Waals surface area contributed by atoms with E-state index in [-0.39, 0.29) is 12.3 Å². The second kappa shape index (κ2) is 7.04. The summed E-state index contributed by atoms with van der Waals surface area (Å²) in [5, 5.41) is 11.5. The summed E-state index contributed by atoms with van der Waals surface area (Å²) in [6, 6.07) is 5.36. The number of anilines is 1. The number of carbonyl (C=O) groups is 2. The van der Waals surface area contributed by atoms with Crippen LogP contribution in [0.4, 0.5) is 5.69 Å². The highest BCUT2D eigenvalue weighted by atomic mass is 16.5. The molecule has 1 rings (SSSR count). The Kier molecular flexibility index (Phi) is 5.67. The van der Waals surface area contributed by atoms with Crippen LogP contribution in [0.1, 0.15) is 31.4 Å². The predicted molar refractivity (Wildman–Crippen MR) is 82.2 cm³/mol. The molecule has 0 spiro atoms. The van der Waals surface area contributed by atoms with Gasteiger partial charge in [0, 0.05) is 18.9 Å². The topological polar surface area (TPSA) is 75.6 Å². The van der Waals surface area contributed by atoms with Crippen LogP contribution in [-0.4, -0.2) is 29.7 Å². The van der Waals surface area contributed by atoms with Crippen LogP contribution in [-0.2, 0) is 14.3 Å². The zero-order valence-electron chi connectivity index (χ0n) is 12.8. The van der Waals surface area contributed by atoms with Crippen LogP contribution in [0.2, 0.25) is 0 Å². The van der Waals surface area contributed by atoms with Gasteiger partial charge in [0.15, 0.2) is 0 Å². The number of carboxylic acid groups (broad SMARTS) is 1. The van der Waals surface area contributed by atoms with Gasteiger partial charge in [-0.25, -0.2) is 4.79 Å². The highest BCUT2D eigenvalue weighted by molar-refractivity contribution is 5.92. The maximum absolute atomic E-state index is 11.9. The summed E-state index contributed by atoms with van der Waals surface area (Å²) in [6.45, 7) is 5.55. The Bertz CT molecular complexity index is 561. The van der Waals surface area contributed by atoms with Crippen LogP contribution in [0.25, 0.3) is 6.08 Å². The number of ether oxygens (including phenoxy) is 1. The minimum absolute atomic E-state index is 0.154. The number of aryl methyl sites for hydroxylation is 1. The molecule has 0 saturated carbocycles. The van der Waals surface area contributed by atoms with Gasteiger partial charge in [-0.1, -0.05) is 6.07 Å². The van der Waals surface area contributed by atoms with E-state index in [2.05, 4.69) is 5.32 Å². The smallest absolute Gasteiger partial charge is 0.328 e. The van der Waals surface area contributed by atoms with Gasteiger partial charge < -0.3 is 15.2 Å². The van der Waals surface area contributed by atoms with Crippen LogP contribution in [0.3, 0.4) is 0 Å². The van der Waals surface area contributed by atoms with Crippen molar-refractivity contribution in [1.82, 2.24) is 0 Å². The molecule has 0 heterocycles. The number of hydrogen-bond donors (Lipinski definition) is 2. The normalized spacial score (nSPS) is 11.6. The number of nitrogens with one attached hydrogen (secondary N) is 1. The van der Waals surface area contributed by atoms with Gasteiger partial charge in [-0.2, -0.15) is 0 Å². The van der Waals surface area contributed by atoms with Gasteiger partial charge >= 0.3 is 5.97 Å². The molecule has 0 aromatic heterocycles. The van der Waals surface area contributed by atoms with E-state index in [0.29, 0.717) is 5.69 Å². The molecule has 0 bridgehead atoms. The molecule has 1 aromatic rings. The Morgan fingerprint density at radius 3 is 2.62 bits per heavy atom. The molecule has 1 amide bonds. The van der Waals surface area contributed by atoms with Crippen LogP contribution in [0.5, 0.6) is 0 Å². The summed E-state index contributed by atoms with van der Waals surface area (Å²) in [5.41, 5.74) is 1.78. The minimum atomic E-state index is -1.01. The van der Waals surface area contributed by atoms with E-state index in [9.17, 15) is 9.59 Å². The molecule has 0 radical (unpaired) electrons. The second-order valence-corrected chi connectivity index (χ2v) is 5.43. The lowest BCUT2D eigenvalue weighted by Crippen LogP contribution is -2.29. The number of methoxy groups -OCH3 is 1. The molecule has 21 heavy (non-hydrogen) atoms. The lowest BCUT2D eigenvalue weighted by atomic mass is 10.0. The third-order valence-electron chi connectivity index (χ3n) is 3.11. The van der Waals surface area contributed by atoms with E-state index >= 15 is 0 Å². The van der Waals surface area contributed by atoms with Gasteiger partial charge in [-0.15, -0.1) is 0 Å². The summed E-state index contributed by atoms with van der Waals surface area (Å²) < 4.78 is 5.22. The summed E-state index contributed by atoms with van der Waals surface area (Å²) in [7, 11) is 1.56. The first-order valence-corrected chi connectivity index (χ1v) is 6.60. The molecule has 5 heteroatoms. The summed E-state index contributed by atoms with van der Waals surface area (Å²) in [6.07, 6.45) is 2.81. The Hall–Kier alpha value is -2.14. The van der Waals surface area contributed by atoms with Crippen molar-refractivity contribution in [3.63, 3.8) is 0 Å². The van der Waals surface area contributed by atoms with Crippen molar-refractivity contribution in [2.75, 3.05) is 12.4 Å². The van der Waals surface area contributed by atoms with Crippen molar-refractivity contribution < 1.29 is 19.4 Å². The molecule has 1 aromatic carbocycles. The van der Waals surface area contributed by atoms with Crippen molar-refractivity contribution in [1.29, 1.82) is 0 Å². The molecule has 0 saturated heterocycles. The second-order valence-electron chi connectivity index (χ2n) is 5.43. The van der Waals surface area contributed by atoms with E-state index in [1.165, 1.54) is 6.08 Å². The molecule has 0 unspecified atom stereocenters. The van der Waals surface area contributed by atoms with Crippen molar-refractivity contribution in [2.24, 2.45) is 0 Å². The molecule has 0 aliphatic rings. The molecule has 2 N–H and O–H groups in total. The highest BCUT2D eigenvalue weighted by Gasteiger charge is 2.21. The fourth-order valence-corrected chi connectivity index (χ4v) is 1.72. The van der Waals surface area contributed by atoms with Gasteiger partial charge in [0.1, 0.15) is 0 Å². The van der Waals surface area contributed by atoms with Gasteiger partial charge in [-0.3, -0.25) is 4.79 Å². The Morgan fingerprint density at radius 2 is 2.05 bits per heavy atom. The van der Waals surface area contributed by atoms with Gasteiger partial charge in [0.05, 0.1) is 12.0 Å². The van der Waals surface area contributed by atoms with Gasteiger partial charge in [0.2, 0.25) is 5.91 Å². The van der Waals surface area contributed by atoms with Crippen LogP contribution < -0.4 is 5.32 Å². The van der Waals surface area contributed by atoms with Gasteiger partial charge in [0.25, 0.3) is 0 Å².